The van der Waals surface area contributed by atoms with Gasteiger partial charge in [-0.05, 0) is 17.7 Å². The molecule has 0 fully saturated rings. The van der Waals surface area contributed by atoms with Crippen molar-refractivity contribution in [2.24, 2.45) is 10.9 Å². The molecule has 1 heterocycles. The van der Waals surface area contributed by atoms with Crippen LogP contribution < -0.4 is 5.73 Å². The van der Waals surface area contributed by atoms with Gasteiger partial charge in [0, 0.05) is 5.56 Å². The Kier molecular flexibility index (Phi) is 3.98. The highest BCUT2D eigenvalue weighted by molar-refractivity contribution is 5.96. The van der Waals surface area contributed by atoms with Gasteiger partial charge >= 0.3 is 0 Å². The summed E-state index contributed by atoms with van der Waals surface area (Å²) < 4.78 is 10.6. The first-order valence-corrected chi connectivity index (χ1v) is 5.46. The Hall–Kier alpha value is -2.27. The zero-order valence-corrected chi connectivity index (χ0v) is 9.74. The third kappa shape index (κ3) is 3.11. The summed E-state index contributed by atoms with van der Waals surface area (Å²) in [5.41, 5.74) is 7.15. The summed E-state index contributed by atoms with van der Waals surface area (Å²) >= 11 is 0. The van der Waals surface area contributed by atoms with Crippen molar-refractivity contribution >= 4 is 5.84 Å². The summed E-state index contributed by atoms with van der Waals surface area (Å²) in [6.07, 6.45) is 1.62. The molecule has 3 N–H and O–H groups in total. The monoisotopic (exact) mass is 246 g/mol. The molecule has 0 spiro atoms. The van der Waals surface area contributed by atoms with E-state index in [1.807, 2.05) is 24.3 Å². The fourth-order valence-corrected chi connectivity index (χ4v) is 1.49. The van der Waals surface area contributed by atoms with Gasteiger partial charge in [0.25, 0.3) is 0 Å². The lowest BCUT2D eigenvalue weighted by molar-refractivity contribution is 0.0929. The quantitative estimate of drug-likeness (QED) is 0.366. The van der Waals surface area contributed by atoms with Gasteiger partial charge in [0.1, 0.15) is 12.4 Å². The minimum atomic E-state index is 0.0954. The van der Waals surface area contributed by atoms with Crippen LogP contribution in [-0.4, -0.2) is 11.0 Å². The number of hydrogen-bond donors (Lipinski definition) is 2. The highest BCUT2D eigenvalue weighted by atomic mass is 16.5. The molecule has 0 saturated heterocycles. The standard InChI is InChI=1S/C13H14N2O3/c14-13(15-16)11-5-3-10(4-6-11)8-17-9-12-2-1-7-18-12/h1-7,16H,8-9H2,(H2,14,15). The predicted octanol–water partition coefficient (Wildman–Crippen LogP) is 2.09. The molecule has 0 amide bonds. The van der Waals surface area contributed by atoms with Gasteiger partial charge in [-0.2, -0.15) is 0 Å². The molecule has 2 aromatic rings. The smallest absolute Gasteiger partial charge is 0.170 e. The molecule has 5 nitrogen and oxygen atoms in total. The maximum atomic E-state index is 8.53. The highest BCUT2D eigenvalue weighted by Gasteiger charge is 2.00. The second-order valence-corrected chi connectivity index (χ2v) is 3.75. The van der Waals surface area contributed by atoms with Crippen molar-refractivity contribution in [2.45, 2.75) is 13.2 Å². The fraction of sp³-hybridized carbons (Fsp3) is 0.154. The number of oxime groups is 1. The molecule has 94 valence electrons. The topological polar surface area (TPSA) is 81.0 Å². The fourth-order valence-electron chi connectivity index (χ4n) is 1.49. The Morgan fingerprint density at radius 2 is 2.00 bits per heavy atom. The van der Waals surface area contributed by atoms with Crippen LogP contribution >= 0.6 is 0 Å². The third-order valence-electron chi connectivity index (χ3n) is 2.45. The maximum absolute atomic E-state index is 8.53. The number of nitrogens with two attached hydrogens (primary N) is 1. The van der Waals surface area contributed by atoms with Crippen molar-refractivity contribution < 1.29 is 14.4 Å². The van der Waals surface area contributed by atoms with Crippen LogP contribution in [0.4, 0.5) is 0 Å². The molecule has 0 aliphatic rings. The molecule has 1 aromatic carbocycles. The van der Waals surface area contributed by atoms with Crippen molar-refractivity contribution in [1.82, 2.24) is 0 Å². The average Bonchev–Trinajstić information content (AvgIpc) is 2.92. The van der Waals surface area contributed by atoms with Gasteiger partial charge in [0.15, 0.2) is 5.84 Å². The number of rotatable bonds is 5. The second-order valence-electron chi connectivity index (χ2n) is 3.75. The molecule has 0 atom stereocenters. The highest BCUT2D eigenvalue weighted by Crippen LogP contribution is 2.08. The van der Waals surface area contributed by atoms with Gasteiger partial charge in [-0.1, -0.05) is 29.4 Å². The lowest BCUT2D eigenvalue weighted by atomic mass is 10.1. The lowest BCUT2D eigenvalue weighted by Gasteiger charge is -2.04. The zero-order chi connectivity index (χ0) is 12.8. The molecule has 0 saturated carbocycles. The van der Waals surface area contributed by atoms with Crippen molar-refractivity contribution in [2.75, 3.05) is 0 Å². The summed E-state index contributed by atoms with van der Waals surface area (Å²) in [6, 6.07) is 11.0. The van der Waals surface area contributed by atoms with Crippen molar-refractivity contribution in [3.05, 3.63) is 59.5 Å². The van der Waals surface area contributed by atoms with Gasteiger partial charge < -0.3 is 20.1 Å². The number of nitrogens with zero attached hydrogens (tertiary/aromatic N) is 1. The van der Waals surface area contributed by atoms with Crippen LogP contribution in [0.2, 0.25) is 0 Å². The minimum Gasteiger partial charge on any atom is -0.467 e. The van der Waals surface area contributed by atoms with Gasteiger partial charge in [-0.3, -0.25) is 0 Å². The molecule has 18 heavy (non-hydrogen) atoms. The number of amidine groups is 1. The first kappa shape index (κ1) is 12.2. The van der Waals surface area contributed by atoms with E-state index in [1.165, 1.54) is 0 Å². The van der Waals surface area contributed by atoms with Crippen LogP contribution in [0.5, 0.6) is 0 Å². The van der Waals surface area contributed by atoms with Gasteiger partial charge in [-0.25, -0.2) is 0 Å². The molecule has 1 aromatic heterocycles. The first-order chi connectivity index (χ1) is 8.79. The Morgan fingerprint density at radius 1 is 1.22 bits per heavy atom. The molecule has 0 unspecified atom stereocenters. The number of hydrogen-bond acceptors (Lipinski definition) is 4. The summed E-state index contributed by atoms with van der Waals surface area (Å²) in [6.45, 7) is 0.923. The summed E-state index contributed by atoms with van der Waals surface area (Å²) in [4.78, 5) is 0. The predicted molar refractivity (Wildman–Crippen MR) is 66.2 cm³/mol. The largest absolute Gasteiger partial charge is 0.467 e. The van der Waals surface area contributed by atoms with E-state index in [-0.39, 0.29) is 5.84 Å². The Bertz CT molecular complexity index is 504. The summed E-state index contributed by atoms with van der Waals surface area (Å²) in [5, 5.41) is 11.5. The van der Waals surface area contributed by atoms with Crippen LogP contribution in [0.3, 0.4) is 0 Å². The summed E-state index contributed by atoms with van der Waals surface area (Å²) in [7, 11) is 0. The first-order valence-electron chi connectivity index (χ1n) is 5.46. The SMILES string of the molecule is N/C(=N\O)c1ccc(COCc2ccco2)cc1. The minimum absolute atomic E-state index is 0.0954. The Balaban J connectivity index is 1.87. The van der Waals surface area contributed by atoms with Gasteiger partial charge in [0.2, 0.25) is 0 Å². The Labute approximate surface area is 104 Å². The second kappa shape index (κ2) is 5.88. The van der Waals surface area contributed by atoms with Crippen molar-refractivity contribution in [3.8, 4) is 0 Å². The van der Waals surface area contributed by atoms with E-state index in [1.54, 1.807) is 18.4 Å². The molecule has 0 radical (unpaired) electrons. The molecule has 0 bridgehead atoms. The van der Waals surface area contributed by atoms with Crippen LogP contribution in [0.1, 0.15) is 16.9 Å². The van der Waals surface area contributed by atoms with Gasteiger partial charge in [0.05, 0.1) is 12.9 Å². The number of ether oxygens (including phenoxy) is 1. The van der Waals surface area contributed by atoms with E-state index >= 15 is 0 Å². The number of benzene rings is 1. The normalized spacial score (nSPS) is 11.7. The van der Waals surface area contributed by atoms with Crippen LogP contribution in [0.25, 0.3) is 0 Å². The average molecular weight is 246 g/mol. The maximum Gasteiger partial charge on any atom is 0.170 e. The van der Waals surface area contributed by atoms with E-state index in [0.29, 0.717) is 18.8 Å². The van der Waals surface area contributed by atoms with E-state index in [0.717, 1.165) is 11.3 Å². The van der Waals surface area contributed by atoms with Crippen LogP contribution in [-0.2, 0) is 18.0 Å². The van der Waals surface area contributed by atoms with Crippen LogP contribution in [0.15, 0.2) is 52.2 Å². The number of furan rings is 1. The molecule has 0 aliphatic heterocycles. The molecular formula is C13H14N2O3. The molecular weight excluding hydrogens is 232 g/mol. The lowest BCUT2D eigenvalue weighted by Crippen LogP contribution is -2.12. The van der Waals surface area contributed by atoms with E-state index in [4.69, 9.17) is 20.1 Å². The Morgan fingerprint density at radius 3 is 2.61 bits per heavy atom. The van der Waals surface area contributed by atoms with E-state index in [9.17, 15) is 0 Å². The molecule has 2 rings (SSSR count). The molecule has 0 aliphatic carbocycles. The zero-order valence-electron chi connectivity index (χ0n) is 9.74. The van der Waals surface area contributed by atoms with Crippen LogP contribution in [0, 0.1) is 0 Å². The van der Waals surface area contributed by atoms with Crippen molar-refractivity contribution in [3.63, 3.8) is 0 Å². The van der Waals surface area contributed by atoms with Gasteiger partial charge in [-0.15, -0.1) is 0 Å². The van der Waals surface area contributed by atoms with E-state index < -0.39 is 0 Å². The van der Waals surface area contributed by atoms with Crippen molar-refractivity contribution in [1.29, 1.82) is 0 Å². The molecule has 5 heteroatoms. The third-order valence-corrected chi connectivity index (χ3v) is 2.45. The van der Waals surface area contributed by atoms with E-state index in [2.05, 4.69) is 5.16 Å². The summed E-state index contributed by atoms with van der Waals surface area (Å²) in [5.74, 6) is 0.890.